The summed E-state index contributed by atoms with van der Waals surface area (Å²) in [5.74, 6) is -0.718. The molecule has 0 fully saturated rings. The molecule has 1 rings (SSSR count). The van der Waals surface area contributed by atoms with Crippen LogP contribution in [0.4, 0.5) is 0 Å². The minimum atomic E-state index is -0.505. The summed E-state index contributed by atoms with van der Waals surface area (Å²) in [7, 11) is 1.28. The first-order valence-corrected chi connectivity index (χ1v) is 4.38. The van der Waals surface area contributed by atoms with Crippen LogP contribution in [0.1, 0.15) is 33.5 Å². The fourth-order valence-corrected chi connectivity index (χ4v) is 1.11. The van der Waals surface area contributed by atoms with Gasteiger partial charge in [0.15, 0.2) is 5.78 Å². The summed E-state index contributed by atoms with van der Waals surface area (Å²) < 4.78 is 4.55. The van der Waals surface area contributed by atoms with Crippen molar-refractivity contribution in [2.24, 2.45) is 5.73 Å². The number of methoxy groups -OCH3 is 1. The first-order chi connectivity index (χ1) is 7.08. The van der Waals surface area contributed by atoms with E-state index in [1.807, 2.05) is 0 Å². The largest absolute Gasteiger partial charge is 0.465 e. The summed E-state index contributed by atoms with van der Waals surface area (Å²) in [6.45, 7) is 1.55. The number of hydrogen-bond donors (Lipinski definition) is 1. The van der Waals surface area contributed by atoms with Crippen LogP contribution < -0.4 is 5.73 Å². The maximum atomic E-state index is 11.3. The van der Waals surface area contributed by atoms with Gasteiger partial charge in [0.05, 0.1) is 18.4 Å². The highest BCUT2D eigenvalue weighted by Crippen LogP contribution is 2.08. The molecule has 5 nitrogen and oxygen atoms in total. The van der Waals surface area contributed by atoms with E-state index < -0.39 is 5.97 Å². The molecule has 0 unspecified atom stereocenters. The van der Waals surface area contributed by atoms with E-state index in [2.05, 4.69) is 9.72 Å². The molecule has 0 atom stereocenters. The number of hydrogen-bond acceptors (Lipinski definition) is 5. The first-order valence-electron chi connectivity index (χ1n) is 4.38. The number of carbonyl (C=O) groups excluding carboxylic acids is 2. The Hall–Kier alpha value is -1.75. The third-order valence-electron chi connectivity index (χ3n) is 1.87. The molecule has 0 bridgehead atoms. The standard InChI is InChI=1S/C10H12N2O3/c1-6(13)9-4-7(10(14)15-2)3-8(5-11)12-9/h3-4H,5,11H2,1-2H3. The Morgan fingerprint density at radius 3 is 2.60 bits per heavy atom. The number of carbonyl (C=O) groups is 2. The minimum Gasteiger partial charge on any atom is -0.465 e. The normalized spacial score (nSPS) is 9.80. The highest BCUT2D eigenvalue weighted by atomic mass is 16.5. The van der Waals surface area contributed by atoms with Crippen LogP contribution in [0.3, 0.4) is 0 Å². The van der Waals surface area contributed by atoms with Crippen molar-refractivity contribution < 1.29 is 14.3 Å². The van der Waals surface area contributed by atoms with Gasteiger partial charge in [-0.2, -0.15) is 0 Å². The monoisotopic (exact) mass is 208 g/mol. The van der Waals surface area contributed by atoms with E-state index in [1.54, 1.807) is 0 Å². The SMILES string of the molecule is COC(=O)c1cc(CN)nc(C(C)=O)c1. The Bertz CT molecular complexity index is 402. The summed E-state index contributed by atoms with van der Waals surface area (Å²) in [6.07, 6.45) is 0. The van der Waals surface area contributed by atoms with Crippen LogP contribution in [0.15, 0.2) is 12.1 Å². The van der Waals surface area contributed by atoms with E-state index in [4.69, 9.17) is 5.73 Å². The van der Waals surface area contributed by atoms with E-state index in [0.717, 1.165) is 0 Å². The zero-order chi connectivity index (χ0) is 11.4. The maximum absolute atomic E-state index is 11.3. The van der Waals surface area contributed by atoms with Crippen LogP contribution in [0, 0.1) is 0 Å². The van der Waals surface area contributed by atoms with Gasteiger partial charge in [-0.15, -0.1) is 0 Å². The number of aromatic nitrogens is 1. The number of Topliss-reactive ketones (excluding diaryl/α,β-unsaturated/α-hetero) is 1. The van der Waals surface area contributed by atoms with Crippen LogP contribution in [0.5, 0.6) is 0 Å². The molecular formula is C10H12N2O3. The Morgan fingerprint density at radius 1 is 1.47 bits per heavy atom. The predicted molar refractivity (Wildman–Crippen MR) is 53.5 cm³/mol. The van der Waals surface area contributed by atoms with Gasteiger partial charge in [-0.1, -0.05) is 0 Å². The molecule has 0 aliphatic rings. The molecule has 15 heavy (non-hydrogen) atoms. The fourth-order valence-electron chi connectivity index (χ4n) is 1.11. The summed E-state index contributed by atoms with van der Waals surface area (Å²) in [5.41, 5.74) is 6.40. The van der Waals surface area contributed by atoms with Gasteiger partial charge in [-0.3, -0.25) is 4.79 Å². The van der Waals surface area contributed by atoms with E-state index >= 15 is 0 Å². The van der Waals surface area contributed by atoms with Gasteiger partial charge in [-0.05, 0) is 12.1 Å². The second-order valence-electron chi connectivity index (χ2n) is 2.98. The van der Waals surface area contributed by atoms with Gasteiger partial charge in [0, 0.05) is 13.5 Å². The minimum absolute atomic E-state index is 0.172. The zero-order valence-corrected chi connectivity index (χ0v) is 8.61. The smallest absolute Gasteiger partial charge is 0.337 e. The van der Waals surface area contributed by atoms with Crippen molar-refractivity contribution in [2.75, 3.05) is 7.11 Å². The molecule has 0 spiro atoms. The maximum Gasteiger partial charge on any atom is 0.337 e. The highest BCUT2D eigenvalue weighted by Gasteiger charge is 2.11. The quantitative estimate of drug-likeness (QED) is 0.578. The molecule has 5 heteroatoms. The second kappa shape index (κ2) is 4.65. The second-order valence-corrected chi connectivity index (χ2v) is 2.98. The molecule has 80 valence electrons. The lowest BCUT2D eigenvalue weighted by atomic mass is 10.1. The third-order valence-corrected chi connectivity index (χ3v) is 1.87. The summed E-state index contributed by atoms with van der Waals surface area (Å²) >= 11 is 0. The van der Waals surface area contributed by atoms with E-state index in [0.29, 0.717) is 5.69 Å². The van der Waals surface area contributed by atoms with Gasteiger partial charge in [0.2, 0.25) is 0 Å². The van der Waals surface area contributed by atoms with Crippen molar-refractivity contribution >= 4 is 11.8 Å². The highest BCUT2D eigenvalue weighted by molar-refractivity contribution is 5.96. The van der Waals surface area contributed by atoms with Gasteiger partial charge in [0.25, 0.3) is 0 Å². The number of nitrogens with zero attached hydrogens (tertiary/aromatic N) is 1. The third kappa shape index (κ3) is 2.60. The lowest BCUT2D eigenvalue weighted by Gasteiger charge is -2.04. The average Bonchev–Trinajstić information content (AvgIpc) is 2.27. The van der Waals surface area contributed by atoms with Crippen molar-refractivity contribution in [1.29, 1.82) is 0 Å². The number of nitrogens with two attached hydrogens (primary N) is 1. The van der Waals surface area contributed by atoms with Gasteiger partial charge >= 0.3 is 5.97 Å². The number of ether oxygens (including phenoxy) is 1. The summed E-state index contributed by atoms with van der Waals surface area (Å²) in [6, 6.07) is 2.91. The van der Waals surface area contributed by atoms with Crippen molar-refractivity contribution in [3.63, 3.8) is 0 Å². The molecule has 0 radical (unpaired) electrons. The Kier molecular flexibility index (Phi) is 3.51. The Labute approximate surface area is 87.3 Å². The van der Waals surface area contributed by atoms with E-state index in [9.17, 15) is 9.59 Å². The van der Waals surface area contributed by atoms with E-state index in [1.165, 1.54) is 26.2 Å². The molecular weight excluding hydrogens is 196 g/mol. The topological polar surface area (TPSA) is 82.3 Å². The zero-order valence-electron chi connectivity index (χ0n) is 8.61. The van der Waals surface area contributed by atoms with Crippen molar-refractivity contribution in [2.45, 2.75) is 13.5 Å². The molecule has 0 aliphatic carbocycles. The van der Waals surface area contributed by atoms with Crippen LogP contribution in [0.2, 0.25) is 0 Å². The van der Waals surface area contributed by atoms with Crippen LogP contribution in [-0.2, 0) is 11.3 Å². The van der Waals surface area contributed by atoms with Crippen molar-refractivity contribution in [3.8, 4) is 0 Å². The van der Waals surface area contributed by atoms with Gasteiger partial charge < -0.3 is 10.5 Å². The number of rotatable bonds is 3. The van der Waals surface area contributed by atoms with Crippen molar-refractivity contribution in [3.05, 3.63) is 29.1 Å². The fraction of sp³-hybridized carbons (Fsp3) is 0.300. The number of ketones is 1. The summed E-state index contributed by atoms with van der Waals surface area (Å²) in [4.78, 5) is 26.4. The number of pyridine rings is 1. The predicted octanol–water partition coefficient (Wildman–Crippen LogP) is 0.530. The molecule has 1 aromatic heterocycles. The lowest BCUT2D eigenvalue weighted by Crippen LogP contribution is -2.10. The van der Waals surface area contributed by atoms with Gasteiger partial charge in [-0.25, -0.2) is 9.78 Å². The lowest BCUT2D eigenvalue weighted by molar-refractivity contribution is 0.0600. The van der Waals surface area contributed by atoms with E-state index in [-0.39, 0.29) is 23.6 Å². The van der Waals surface area contributed by atoms with Crippen LogP contribution in [-0.4, -0.2) is 23.8 Å². The molecule has 2 N–H and O–H groups in total. The Morgan fingerprint density at radius 2 is 2.13 bits per heavy atom. The average molecular weight is 208 g/mol. The molecule has 1 heterocycles. The van der Waals surface area contributed by atoms with Crippen molar-refractivity contribution in [1.82, 2.24) is 4.98 Å². The molecule has 0 saturated heterocycles. The summed E-state index contributed by atoms with van der Waals surface area (Å²) in [5, 5.41) is 0. The molecule has 0 aromatic carbocycles. The van der Waals surface area contributed by atoms with Crippen LogP contribution >= 0.6 is 0 Å². The van der Waals surface area contributed by atoms with Crippen LogP contribution in [0.25, 0.3) is 0 Å². The number of esters is 1. The van der Waals surface area contributed by atoms with Gasteiger partial charge in [0.1, 0.15) is 5.69 Å². The molecule has 1 aromatic rings. The molecule has 0 amide bonds. The molecule has 0 saturated carbocycles. The first kappa shape index (κ1) is 11.3. The Balaban J connectivity index is 3.23. The molecule has 0 aliphatic heterocycles.